The molecule has 0 saturated heterocycles. The van der Waals surface area contributed by atoms with Crippen LogP contribution < -0.4 is 5.32 Å². The topological polar surface area (TPSA) is 49.4 Å². The third-order valence-corrected chi connectivity index (χ3v) is 5.11. The van der Waals surface area contributed by atoms with Crippen molar-refractivity contribution in [1.29, 1.82) is 0 Å². The Balaban J connectivity index is 1.75. The van der Waals surface area contributed by atoms with Crippen molar-refractivity contribution in [3.8, 4) is 0 Å². The lowest BCUT2D eigenvalue weighted by Gasteiger charge is -2.30. The second-order valence-electron chi connectivity index (χ2n) is 7.36. The number of rotatable bonds is 9. The van der Waals surface area contributed by atoms with Gasteiger partial charge in [-0.05, 0) is 23.1 Å². The standard InChI is InChI=1S/C26H28N2O2/c1-21(29)28(20-24-15-9-4-10-16-24)25(19-23-13-7-3-8-14-23)26(30)27-18-17-22-11-5-2-6-12-22/h2-16,25H,17-20H2,1H3,(H,27,30)/t25-/m1/s1. The van der Waals surface area contributed by atoms with Gasteiger partial charge in [-0.3, -0.25) is 9.59 Å². The Kier molecular flexibility index (Phi) is 7.78. The van der Waals surface area contributed by atoms with Gasteiger partial charge in [0.1, 0.15) is 6.04 Å². The van der Waals surface area contributed by atoms with Crippen LogP contribution in [0.5, 0.6) is 0 Å². The maximum Gasteiger partial charge on any atom is 0.243 e. The number of nitrogens with zero attached hydrogens (tertiary/aromatic N) is 1. The van der Waals surface area contributed by atoms with Gasteiger partial charge in [0.15, 0.2) is 0 Å². The Morgan fingerprint density at radius 2 is 1.27 bits per heavy atom. The molecule has 154 valence electrons. The SMILES string of the molecule is CC(=O)N(Cc1ccccc1)[C@H](Cc1ccccc1)C(=O)NCCc1ccccc1. The lowest BCUT2D eigenvalue weighted by molar-refractivity contribution is -0.139. The molecule has 0 fully saturated rings. The van der Waals surface area contributed by atoms with Crippen LogP contribution in [0.3, 0.4) is 0 Å². The lowest BCUT2D eigenvalue weighted by Crippen LogP contribution is -2.50. The summed E-state index contributed by atoms with van der Waals surface area (Å²) in [5.41, 5.74) is 3.20. The van der Waals surface area contributed by atoms with Gasteiger partial charge in [-0.1, -0.05) is 91.0 Å². The van der Waals surface area contributed by atoms with E-state index in [1.807, 2.05) is 91.0 Å². The molecule has 4 nitrogen and oxygen atoms in total. The average molecular weight is 401 g/mol. The molecule has 0 spiro atoms. The van der Waals surface area contributed by atoms with Crippen molar-refractivity contribution in [2.45, 2.75) is 32.4 Å². The second kappa shape index (κ2) is 11.0. The van der Waals surface area contributed by atoms with E-state index in [9.17, 15) is 9.59 Å². The van der Waals surface area contributed by atoms with E-state index in [4.69, 9.17) is 0 Å². The predicted octanol–water partition coefficient (Wildman–Crippen LogP) is 4.01. The summed E-state index contributed by atoms with van der Waals surface area (Å²) in [5, 5.41) is 3.04. The van der Waals surface area contributed by atoms with Gasteiger partial charge in [0.05, 0.1) is 0 Å². The van der Waals surface area contributed by atoms with Gasteiger partial charge in [-0.15, -0.1) is 0 Å². The van der Waals surface area contributed by atoms with Crippen LogP contribution in [0.1, 0.15) is 23.6 Å². The molecule has 0 aliphatic heterocycles. The Morgan fingerprint density at radius 3 is 1.80 bits per heavy atom. The Hall–Kier alpha value is -3.40. The van der Waals surface area contributed by atoms with Gasteiger partial charge in [-0.25, -0.2) is 0 Å². The molecule has 4 heteroatoms. The number of hydrogen-bond acceptors (Lipinski definition) is 2. The molecule has 2 amide bonds. The van der Waals surface area contributed by atoms with E-state index in [0.717, 1.165) is 17.5 Å². The van der Waals surface area contributed by atoms with E-state index in [1.165, 1.54) is 12.5 Å². The lowest BCUT2D eigenvalue weighted by atomic mass is 10.0. The number of carbonyl (C=O) groups excluding carboxylic acids is 2. The molecule has 0 radical (unpaired) electrons. The molecular formula is C26H28N2O2. The number of nitrogens with one attached hydrogen (secondary N) is 1. The van der Waals surface area contributed by atoms with Crippen LogP contribution in [0.25, 0.3) is 0 Å². The largest absolute Gasteiger partial charge is 0.354 e. The molecule has 0 aromatic heterocycles. The van der Waals surface area contributed by atoms with E-state index in [2.05, 4.69) is 5.32 Å². The first-order valence-corrected chi connectivity index (χ1v) is 10.3. The zero-order valence-corrected chi connectivity index (χ0v) is 17.3. The highest BCUT2D eigenvalue weighted by Crippen LogP contribution is 2.14. The maximum atomic E-state index is 13.2. The third kappa shape index (κ3) is 6.31. The average Bonchev–Trinajstić information content (AvgIpc) is 2.78. The molecule has 3 aromatic carbocycles. The normalized spacial score (nSPS) is 11.5. The first-order chi connectivity index (χ1) is 14.6. The van der Waals surface area contributed by atoms with Crippen LogP contribution in [0.15, 0.2) is 91.0 Å². The van der Waals surface area contributed by atoms with Crippen molar-refractivity contribution in [1.82, 2.24) is 10.2 Å². The first kappa shape index (κ1) is 21.3. The van der Waals surface area contributed by atoms with Gasteiger partial charge >= 0.3 is 0 Å². The summed E-state index contributed by atoms with van der Waals surface area (Å²) in [7, 11) is 0. The Morgan fingerprint density at radius 1 is 0.767 bits per heavy atom. The van der Waals surface area contributed by atoms with E-state index in [-0.39, 0.29) is 11.8 Å². The zero-order valence-electron chi connectivity index (χ0n) is 17.3. The van der Waals surface area contributed by atoms with Gasteiger partial charge in [0.2, 0.25) is 11.8 Å². The predicted molar refractivity (Wildman–Crippen MR) is 120 cm³/mol. The molecule has 0 bridgehead atoms. The molecule has 0 aliphatic rings. The summed E-state index contributed by atoms with van der Waals surface area (Å²) in [4.78, 5) is 27.4. The molecule has 3 rings (SSSR count). The van der Waals surface area contributed by atoms with Crippen molar-refractivity contribution >= 4 is 11.8 Å². The van der Waals surface area contributed by atoms with E-state index < -0.39 is 6.04 Å². The Bertz CT molecular complexity index is 927. The smallest absolute Gasteiger partial charge is 0.243 e. The molecule has 1 atom stereocenters. The molecule has 0 heterocycles. The summed E-state index contributed by atoms with van der Waals surface area (Å²) in [6.45, 7) is 2.46. The fraction of sp³-hybridized carbons (Fsp3) is 0.231. The van der Waals surface area contributed by atoms with E-state index >= 15 is 0 Å². The summed E-state index contributed by atoms with van der Waals surface area (Å²) in [6.07, 6.45) is 1.23. The minimum atomic E-state index is -0.569. The quantitative estimate of drug-likeness (QED) is 0.590. The number of amides is 2. The van der Waals surface area contributed by atoms with Crippen LogP contribution in [-0.2, 0) is 29.0 Å². The van der Waals surface area contributed by atoms with Crippen LogP contribution in [0.4, 0.5) is 0 Å². The molecule has 0 unspecified atom stereocenters. The highest BCUT2D eigenvalue weighted by molar-refractivity contribution is 5.87. The van der Waals surface area contributed by atoms with E-state index in [0.29, 0.717) is 19.5 Å². The fourth-order valence-electron chi connectivity index (χ4n) is 3.50. The summed E-state index contributed by atoms with van der Waals surface area (Å²) in [5.74, 6) is -0.237. The summed E-state index contributed by atoms with van der Waals surface area (Å²) >= 11 is 0. The summed E-state index contributed by atoms with van der Waals surface area (Å²) < 4.78 is 0. The second-order valence-corrected chi connectivity index (χ2v) is 7.36. The monoisotopic (exact) mass is 400 g/mol. The molecular weight excluding hydrogens is 372 g/mol. The molecule has 30 heavy (non-hydrogen) atoms. The van der Waals surface area contributed by atoms with Crippen molar-refractivity contribution in [2.75, 3.05) is 6.54 Å². The molecule has 0 saturated carbocycles. The van der Waals surface area contributed by atoms with Gasteiger partial charge < -0.3 is 10.2 Å². The molecule has 0 aliphatic carbocycles. The van der Waals surface area contributed by atoms with Gasteiger partial charge in [0.25, 0.3) is 0 Å². The molecule has 1 N–H and O–H groups in total. The zero-order chi connectivity index (χ0) is 21.2. The minimum absolute atomic E-state index is 0.113. The number of hydrogen-bond donors (Lipinski definition) is 1. The third-order valence-electron chi connectivity index (χ3n) is 5.11. The van der Waals surface area contributed by atoms with Crippen LogP contribution in [0.2, 0.25) is 0 Å². The van der Waals surface area contributed by atoms with Gasteiger partial charge in [0, 0.05) is 26.4 Å². The maximum absolute atomic E-state index is 13.2. The molecule has 3 aromatic rings. The van der Waals surface area contributed by atoms with Crippen molar-refractivity contribution in [3.05, 3.63) is 108 Å². The Labute approximate surface area is 178 Å². The number of carbonyl (C=O) groups is 2. The van der Waals surface area contributed by atoms with Crippen molar-refractivity contribution in [3.63, 3.8) is 0 Å². The number of benzene rings is 3. The first-order valence-electron chi connectivity index (χ1n) is 10.3. The van der Waals surface area contributed by atoms with Crippen molar-refractivity contribution in [2.24, 2.45) is 0 Å². The summed E-state index contributed by atoms with van der Waals surface area (Å²) in [6, 6.07) is 29.1. The fourth-order valence-corrected chi connectivity index (χ4v) is 3.50. The van der Waals surface area contributed by atoms with Crippen molar-refractivity contribution < 1.29 is 9.59 Å². The van der Waals surface area contributed by atoms with E-state index in [1.54, 1.807) is 4.90 Å². The van der Waals surface area contributed by atoms with Gasteiger partial charge in [-0.2, -0.15) is 0 Å². The highest BCUT2D eigenvalue weighted by atomic mass is 16.2. The highest BCUT2D eigenvalue weighted by Gasteiger charge is 2.28. The van der Waals surface area contributed by atoms with Crippen LogP contribution >= 0.6 is 0 Å². The minimum Gasteiger partial charge on any atom is -0.354 e. The van der Waals surface area contributed by atoms with Crippen LogP contribution in [0, 0.1) is 0 Å². The van der Waals surface area contributed by atoms with Crippen LogP contribution in [-0.4, -0.2) is 29.3 Å².